The van der Waals surface area contributed by atoms with Crippen LogP contribution in [0.25, 0.3) is 0 Å². The summed E-state index contributed by atoms with van der Waals surface area (Å²) in [5, 5.41) is 17.0. The molecule has 1 aromatic carbocycles. The first kappa shape index (κ1) is 18.5. The zero-order valence-corrected chi connectivity index (χ0v) is 14.8. The zero-order valence-electron chi connectivity index (χ0n) is 14.8. The van der Waals surface area contributed by atoms with E-state index in [0.29, 0.717) is 11.5 Å². The van der Waals surface area contributed by atoms with Gasteiger partial charge in [-0.15, -0.1) is 0 Å². The van der Waals surface area contributed by atoms with E-state index in [1.807, 2.05) is 6.07 Å². The molecule has 0 spiro atoms. The van der Waals surface area contributed by atoms with Crippen molar-refractivity contribution in [1.29, 1.82) is 0 Å². The molecule has 1 fully saturated rings. The minimum Gasteiger partial charge on any atom is -0.395 e. The summed E-state index contributed by atoms with van der Waals surface area (Å²) < 4.78 is 15.6. The van der Waals surface area contributed by atoms with Crippen LogP contribution in [0, 0.1) is 5.82 Å². The summed E-state index contributed by atoms with van der Waals surface area (Å²) in [5.74, 6) is -0.191. The molecule has 1 amide bonds. The first-order valence-electron chi connectivity index (χ1n) is 9.03. The predicted molar refractivity (Wildman–Crippen MR) is 96.0 cm³/mol. The van der Waals surface area contributed by atoms with Crippen molar-refractivity contribution in [3.8, 4) is 0 Å². The van der Waals surface area contributed by atoms with Gasteiger partial charge in [0, 0.05) is 43.0 Å². The van der Waals surface area contributed by atoms with Crippen molar-refractivity contribution in [3.63, 3.8) is 0 Å². The number of piperidine rings is 1. The van der Waals surface area contributed by atoms with E-state index in [4.69, 9.17) is 0 Å². The molecule has 0 saturated carbocycles. The molecule has 3 rings (SSSR count). The highest BCUT2D eigenvalue weighted by Gasteiger charge is 2.22. The Balaban J connectivity index is 1.70. The van der Waals surface area contributed by atoms with Crippen LogP contribution < -0.4 is 5.32 Å². The smallest absolute Gasteiger partial charge is 0.244 e. The molecule has 2 heterocycles. The third kappa shape index (κ3) is 4.47. The standard InChI is InChI=1S/C19H25FN4O2/c20-17-6-2-1-4-16(17)13-23(10-11-25)19(26)14-24-18(7-9-22-24)15-5-3-8-21-12-15/h1-2,4,6-7,9,15,21,25H,3,5,8,10-14H2/t15-/m1/s1. The van der Waals surface area contributed by atoms with E-state index in [1.165, 1.54) is 11.0 Å². The Bertz CT molecular complexity index is 728. The summed E-state index contributed by atoms with van der Waals surface area (Å²) >= 11 is 0. The number of carbonyl (C=O) groups excluding carboxylic acids is 1. The zero-order chi connectivity index (χ0) is 18.4. The van der Waals surface area contributed by atoms with Gasteiger partial charge in [-0.1, -0.05) is 18.2 Å². The van der Waals surface area contributed by atoms with Crippen LogP contribution in [0.3, 0.4) is 0 Å². The summed E-state index contributed by atoms with van der Waals surface area (Å²) in [6, 6.07) is 8.34. The number of aromatic nitrogens is 2. The summed E-state index contributed by atoms with van der Waals surface area (Å²) in [7, 11) is 0. The van der Waals surface area contributed by atoms with E-state index in [-0.39, 0.29) is 38.0 Å². The van der Waals surface area contributed by atoms with Gasteiger partial charge in [-0.2, -0.15) is 5.10 Å². The summed E-state index contributed by atoms with van der Waals surface area (Å²) in [5.41, 5.74) is 1.48. The van der Waals surface area contributed by atoms with Crippen LogP contribution in [0.5, 0.6) is 0 Å². The Kier molecular flexibility index (Phi) is 6.35. The van der Waals surface area contributed by atoms with E-state index < -0.39 is 0 Å². The highest BCUT2D eigenvalue weighted by atomic mass is 19.1. The lowest BCUT2D eigenvalue weighted by Crippen LogP contribution is -2.37. The second kappa shape index (κ2) is 8.91. The molecule has 1 saturated heterocycles. The molecule has 140 valence electrons. The summed E-state index contributed by atoms with van der Waals surface area (Å²) in [6.45, 7) is 2.13. The monoisotopic (exact) mass is 360 g/mol. The van der Waals surface area contributed by atoms with Crippen molar-refractivity contribution in [2.24, 2.45) is 0 Å². The molecule has 1 aliphatic heterocycles. The lowest BCUT2D eigenvalue weighted by molar-refractivity contribution is -0.133. The van der Waals surface area contributed by atoms with Crippen LogP contribution in [-0.2, 0) is 17.9 Å². The molecule has 1 aromatic heterocycles. The van der Waals surface area contributed by atoms with Crippen molar-refractivity contribution >= 4 is 5.91 Å². The van der Waals surface area contributed by atoms with E-state index >= 15 is 0 Å². The van der Waals surface area contributed by atoms with Crippen LogP contribution in [-0.4, -0.2) is 51.9 Å². The molecular weight excluding hydrogens is 335 g/mol. The van der Waals surface area contributed by atoms with Crippen LogP contribution in [0.15, 0.2) is 36.5 Å². The molecule has 0 radical (unpaired) electrons. The summed E-state index contributed by atoms with van der Waals surface area (Å²) in [4.78, 5) is 14.2. The first-order valence-corrected chi connectivity index (χ1v) is 9.03. The van der Waals surface area contributed by atoms with E-state index in [2.05, 4.69) is 10.4 Å². The van der Waals surface area contributed by atoms with E-state index in [9.17, 15) is 14.3 Å². The maximum Gasteiger partial charge on any atom is 0.244 e. The van der Waals surface area contributed by atoms with Gasteiger partial charge in [0.25, 0.3) is 0 Å². The summed E-state index contributed by atoms with van der Waals surface area (Å²) in [6.07, 6.45) is 3.89. The molecule has 2 aromatic rings. The normalized spacial score (nSPS) is 17.2. The van der Waals surface area contributed by atoms with Gasteiger partial charge in [0.1, 0.15) is 12.4 Å². The number of nitrogens with one attached hydrogen (secondary N) is 1. The van der Waals surface area contributed by atoms with Gasteiger partial charge >= 0.3 is 0 Å². The SMILES string of the molecule is O=C(Cn1nccc1[C@@H]1CCCNC1)N(CCO)Cc1ccccc1F. The average Bonchev–Trinajstić information content (AvgIpc) is 3.12. The Morgan fingerprint density at radius 2 is 2.23 bits per heavy atom. The molecule has 1 atom stereocenters. The van der Waals surface area contributed by atoms with Gasteiger partial charge in [0.05, 0.1) is 6.61 Å². The second-order valence-corrected chi connectivity index (χ2v) is 6.59. The van der Waals surface area contributed by atoms with E-state index in [0.717, 1.165) is 31.6 Å². The molecule has 6 nitrogen and oxygen atoms in total. The maximum absolute atomic E-state index is 13.9. The van der Waals surface area contributed by atoms with Gasteiger partial charge in [-0.25, -0.2) is 4.39 Å². The predicted octanol–water partition coefficient (Wildman–Crippen LogP) is 1.51. The van der Waals surface area contributed by atoms with Gasteiger partial charge in [0.2, 0.25) is 5.91 Å². The number of hydrogen-bond acceptors (Lipinski definition) is 4. The molecule has 7 heteroatoms. The highest BCUT2D eigenvalue weighted by Crippen LogP contribution is 2.23. The van der Waals surface area contributed by atoms with Crippen molar-refractivity contribution in [2.75, 3.05) is 26.2 Å². The number of aliphatic hydroxyl groups excluding tert-OH is 1. The second-order valence-electron chi connectivity index (χ2n) is 6.59. The lowest BCUT2D eigenvalue weighted by atomic mass is 9.96. The Hall–Kier alpha value is -2.25. The van der Waals surface area contributed by atoms with Crippen LogP contribution in [0.2, 0.25) is 0 Å². The number of nitrogens with zero attached hydrogens (tertiary/aromatic N) is 3. The van der Waals surface area contributed by atoms with Gasteiger partial charge < -0.3 is 15.3 Å². The number of amides is 1. The van der Waals surface area contributed by atoms with E-state index in [1.54, 1.807) is 29.1 Å². The number of aliphatic hydroxyl groups is 1. The first-order chi connectivity index (χ1) is 12.7. The number of hydrogen-bond donors (Lipinski definition) is 2. The third-order valence-corrected chi connectivity index (χ3v) is 4.79. The van der Waals surface area contributed by atoms with Gasteiger partial charge in [-0.05, 0) is 31.5 Å². The highest BCUT2D eigenvalue weighted by molar-refractivity contribution is 5.76. The van der Waals surface area contributed by atoms with Crippen LogP contribution in [0.1, 0.15) is 30.0 Å². The molecule has 0 bridgehead atoms. The lowest BCUT2D eigenvalue weighted by Gasteiger charge is -2.25. The quantitative estimate of drug-likeness (QED) is 0.785. The fourth-order valence-electron chi connectivity index (χ4n) is 3.40. The average molecular weight is 360 g/mol. The third-order valence-electron chi connectivity index (χ3n) is 4.79. The molecule has 1 aliphatic rings. The van der Waals surface area contributed by atoms with Crippen molar-refractivity contribution < 1.29 is 14.3 Å². The minimum atomic E-state index is -0.351. The van der Waals surface area contributed by atoms with Crippen LogP contribution >= 0.6 is 0 Å². The Morgan fingerprint density at radius 3 is 2.96 bits per heavy atom. The number of rotatable bonds is 7. The molecule has 0 aliphatic carbocycles. The minimum absolute atomic E-state index is 0.0906. The molecular formula is C19H25FN4O2. The largest absolute Gasteiger partial charge is 0.395 e. The number of carbonyl (C=O) groups is 1. The van der Waals surface area contributed by atoms with Crippen LogP contribution in [0.4, 0.5) is 4.39 Å². The fourth-order valence-corrected chi connectivity index (χ4v) is 3.40. The molecule has 26 heavy (non-hydrogen) atoms. The van der Waals surface area contributed by atoms with Crippen molar-refractivity contribution in [2.45, 2.75) is 31.8 Å². The van der Waals surface area contributed by atoms with Crippen molar-refractivity contribution in [1.82, 2.24) is 20.0 Å². The Morgan fingerprint density at radius 1 is 1.38 bits per heavy atom. The fraction of sp³-hybridized carbons (Fsp3) is 0.474. The number of benzene rings is 1. The maximum atomic E-state index is 13.9. The number of halogens is 1. The Labute approximate surface area is 152 Å². The van der Waals surface area contributed by atoms with Crippen molar-refractivity contribution in [3.05, 3.63) is 53.6 Å². The van der Waals surface area contributed by atoms with Gasteiger partial charge in [-0.3, -0.25) is 9.48 Å². The molecule has 2 N–H and O–H groups in total. The topological polar surface area (TPSA) is 70.4 Å². The molecule has 0 unspecified atom stereocenters. The van der Waals surface area contributed by atoms with Gasteiger partial charge in [0.15, 0.2) is 0 Å².